The van der Waals surface area contributed by atoms with E-state index in [0.29, 0.717) is 16.3 Å². The summed E-state index contributed by atoms with van der Waals surface area (Å²) in [5.74, 6) is 1.15. The summed E-state index contributed by atoms with van der Waals surface area (Å²) >= 11 is 3.24. The molecule has 2 rings (SSSR count). The molecule has 0 fully saturated rings. The molecule has 2 aromatic heterocycles. The van der Waals surface area contributed by atoms with Gasteiger partial charge in [-0.3, -0.25) is 0 Å². The summed E-state index contributed by atoms with van der Waals surface area (Å²) in [6, 6.07) is 3.63. The number of furan rings is 1. The van der Waals surface area contributed by atoms with Crippen molar-refractivity contribution in [2.45, 2.75) is 19.9 Å². The van der Waals surface area contributed by atoms with Crippen LogP contribution in [0.15, 0.2) is 31.9 Å². The highest BCUT2D eigenvalue weighted by Gasteiger charge is 2.10. The van der Waals surface area contributed by atoms with Crippen molar-refractivity contribution < 1.29 is 8.83 Å². The van der Waals surface area contributed by atoms with Crippen LogP contribution in [0, 0.1) is 0 Å². The Morgan fingerprint density at radius 1 is 1.44 bits per heavy atom. The minimum atomic E-state index is 0.513. The maximum atomic E-state index is 5.35. The molecule has 0 bridgehead atoms. The van der Waals surface area contributed by atoms with Crippen LogP contribution in [-0.4, -0.2) is 11.5 Å². The van der Waals surface area contributed by atoms with Gasteiger partial charge in [-0.2, -0.15) is 0 Å². The van der Waals surface area contributed by atoms with Crippen molar-refractivity contribution in [2.24, 2.45) is 0 Å². The van der Waals surface area contributed by atoms with E-state index in [1.807, 2.05) is 12.1 Å². The van der Waals surface area contributed by atoms with Crippen LogP contribution in [0.4, 0.5) is 0 Å². The molecule has 5 heteroatoms. The summed E-state index contributed by atoms with van der Waals surface area (Å²) in [6.45, 7) is 3.83. The third-order valence-electron chi connectivity index (χ3n) is 2.07. The first-order chi connectivity index (χ1) is 7.79. The molecular weight excluding hydrogens is 272 g/mol. The van der Waals surface area contributed by atoms with Crippen molar-refractivity contribution >= 4 is 15.9 Å². The molecule has 1 N–H and O–H groups in total. The highest BCUT2D eigenvalue weighted by atomic mass is 79.9. The van der Waals surface area contributed by atoms with E-state index in [4.69, 9.17) is 8.83 Å². The molecule has 0 radical (unpaired) electrons. The van der Waals surface area contributed by atoms with Crippen molar-refractivity contribution in [1.29, 1.82) is 0 Å². The third-order valence-corrected chi connectivity index (χ3v) is 2.49. The van der Waals surface area contributed by atoms with E-state index in [9.17, 15) is 0 Å². The summed E-state index contributed by atoms with van der Waals surface area (Å²) < 4.78 is 11.4. The molecule has 0 amide bonds. The summed E-state index contributed by atoms with van der Waals surface area (Å²) in [4.78, 5) is 4.32. The molecule has 0 spiro atoms. The van der Waals surface area contributed by atoms with Gasteiger partial charge >= 0.3 is 0 Å². The van der Waals surface area contributed by atoms with Gasteiger partial charge in [-0.25, -0.2) is 4.98 Å². The predicted molar refractivity (Wildman–Crippen MR) is 63.9 cm³/mol. The molecule has 4 nitrogen and oxygen atoms in total. The summed E-state index contributed by atoms with van der Waals surface area (Å²) in [5, 5.41) is 3.26. The molecule has 2 heterocycles. The minimum Gasteiger partial charge on any atom is -0.444 e. The van der Waals surface area contributed by atoms with Gasteiger partial charge in [0.2, 0.25) is 0 Å². The van der Waals surface area contributed by atoms with Gasteiger partial charge in [0, 0.05) is 6.54 Å². The number of aromatic nitrogens is 1. The Balaban J connectivity index is 2.02. The van der Waals surface area contributed by atoms with Crippen LogP contribution in [0.5, 0.6) is 0 Å². The van der Waals surface area contributed by atoms with Crippen LogP contribution in [-0.2, 0) is 6.54 Å². The van der Waals surface area contributed by atoms with E-state index in [2.05, 4.69) is 33.2 Å². The van der Waals surface area contributed by atoms with Crippen molar-refractivity contribution in [1.82, 2.24) is 10.3 Å². The third kappa shape index (κ3) is 2.74. The lowest BCUT2D eigenvalue weighted by molar-refractivity contribution is 0.504. The summed E-state index contributed by atoms with van der Waals surface area (Å²) in [5.41, 5.74) is 0.885. The van der Waals surface area contributed by atoms with E-state index < -0.39 is 0 Å². The first kappa shape index (κ1) is 11.4. The topological polar surface area (TPSA) is 51.2 Å². The fourth-order valence-corrected chi connectivity index (χ4v) is 1.63. The van der Waals surface area contributed by atoms with Crippen LogP contribution in [0.2, 0.25) is 0 Å². The number of hydrogen-bond acceptors (Lipinski definition) is 4. The van der Waals surface area contributed by atoms with E-state index in [1.165, 1.54) is 0 Å². The molecule has 16 heavy (non-hydrogen) atoms. The minimum absolute atomic E-state index is 0.513. The van der Waals surface area contributed by atoms with Gasteiger partial charge in [0.05, 0.1) is 5.69 Å². The molecule has 0 atom stereocenters. The SMILES string of the molecule is CCCNCc1coc(-c2ccc(Br)o2)n1. The zero-order chi connectivity index (χ0) is 11.4. The van der Waals surface area contributed by atoms with Gasteiger partial charge < -0.3 is 14.2 Å². The van der Waals surface area contributed by atoms with Crippen molar-refractivity contribution in [2.75, 3.05) is 6.54 Å². The lowest BCUT2D eigenvalue weighted by Gasteiger charge is -1.96. The molecule has 2 aromatic rings. The highest BCUT2D eigenvalue weighted by Crippen LogP contribution is 2.24. The predicted octanol–water partition coefficient (Wildman–Crippen LogP) is 3.20. The zero-order valence-electron chi connectivity index (χ0n) is 9.00. The number of halogens is 1. The van der Waals surface area contributed by atoms with Crippen LogP contribution in [0.1, 0.15) is 19.0 Å². The molecule has 0 aliphatic carbocycles. The molecular formula is C11H13BrN2O2. The van der Waals surface area contributed by atoms with Crippen LogP contribution < -0.4 is 5.32 Å². The highest BCUT2D eigenvalue weighted by molar-refractivity contribution is 9.10. The number of rotatable bonds is 5. The first-order valence-corrected chi connectivity index (χ1v) is 5.99. The number of oxazole rings is 1. The molecule has 0 saturated heterocycles. The number of nitrogens with one attached hydrogen (secondary N) is 1. The molecule has 0 aliphatic heterocycles. The molecule has 0 unspecified atom stereocenters. The zero-order valence-corrected chi connectivity index (χ0v) is 10.6. The largest absolute Gasteiger partial charge is 0.444 e. The van der Waals surface area contributed by atoms with Gasteiger partial charge in [-0.1, -0.05) is 6.92 Å². The second kappa shape index (κ2) is 5.32. The Kier molecular flexibility index (Phi) is 3.79. The monoisotopic (exact) mass is 284 g/mol. The number of nitrogens with zero attached hydrogens (tertiary/aromatic N) is 1. The summed E-state index contributed by atoms with van der Waals surface area (Å²) in [6.07, 6.45) is 2.75. The van der Waals surface area contributed by atoms with Gasteiger partial charge in [-0.15, -0.1) is 0 Å². The number of hydrogen-bond donors (Lipinski definition) is 1. The molecule has 86 valence electrons. The van der Waals surface area contributed by atoms with Gasteiger partial charge in [0.1, 0.15) is 6.26 Å². The van der Waals surface area contributed by atoms with Crippen molar-refractivity contribution in [3.8, 4) is 11.7 Å². The fraction of sp³-hybridized carbons (Fsp3) is 0.364. The molecule has 0 aromatic carbocycles. The van der Waals surface area contributed by atoms with Gasteiger partial charge in [0.25, 0.3) is 5.89 Å². The lowest BCUT2D eigenvalue weighted by atomic mass is 10.4. The van der Waals surface area contributed by atoms with E-state index in [0.717, 1.165) is 25.2 Å². The Labute approximate surface area is 102 Å². The maximum absolute atomic E-state index is 5.35. The Morgan fingerprint density at radius 2 is 2.31 bits per heavy atom. The fourth-order valence-electron chi connectivity index (χ4n) is 1.32. The average molecular weight is 285 g/mol. The smallest absolute Gasteiger partial charge is 0.263 e. The molecule has 0 saturated carbocycles. The first-order valence-electron chi connectivity index (χ1n) is 5.20. The van der Waals surface area contributed by atoms with Crippen LogP contribution in [0.25, 0.3) is 11.7 Å². The van der Waals surface area contributed by atoms with E-state index in [1.54, 1.807) is 6.26 Å². The standard InChI is InChI=1S/C11H13BrN2O2/c1-2-5-13-6-8-7-15-11(14-8)9-3-4-10(12)16-9/h3-4,7,13H,2,5-6H2,1H3. The van der Waals surface area contributed by atoms with Crippen molar-refractivity contribution in [3.05, 3.63) is 28.8 Å². The second-order valence-corrected chi connectivity index (χ2v) is 4.21. The van der Waals surface area contributed by atoms with Crippen LogP contribution in [0.3, 0.4) is 0 Å². The van der Waals surface area contributed by atoms with E-state index in [-0.39, 0.29) is 0 Å². The van der Waals surface area contributed by atoms with E-state index >= 15 is 0 Å². The second-order valence-electron chi connectivity index (χ2n) is 3.42. The van der Waals surface area contributed by atoms with Crippen molar-refractivity contribution in [3.63, 3.8) is 0 Å². The Hall–Kier alpha value is -1.07. The average Bonchev–Trinajstić information content (AvgIpc) is 2.87. The normalized spacial score (nSPS) is 10.9. The Bertz CT molecular complexity index is 450. The quantitative estimate of drug-likeness (QED) is 0.857. The van der Waals surface area contributed by atoms with Crippen LogP contribution >= 0.6 is 15.9 Å². The molecule has 0 aliphatic rings. The maximum Gasteiger partial charge on any atom is 0.263 e. The van der Waals surface area contributed by atoms with Gasteiger partial charge in [0.15, 0.2) is 10.4 Å². The van der Waals surface area contributed by atoms with Gasteiger partial charge in [-0.05, 0) is 41.0 Å². The Morgan fingerprint density at radius 3 is 3.00 bits per heavy atom. The lowest BCUT2D eigenvalue weighted by Crippen LogP contribution is -2.13. The summed E-state index contributed by atoms with van der Waals surface area (Å²) in [7, 11) is 0.